The van der Waals surface area contributed by atoms with Gasteiger partial charge in [-0.25, -0.2) is 0 Å². The second kappa shape index (κ2) is 3.81. The van der Waals surface area contributed by atoms with Crippen LogP contribution in [0.3, 0.4) is 0 Å². The number of hydrogen-bond acceptors (Lipinski definition) is 2. The molecule has 3 nitrogen and oxygen atoms in total. The van der Waals surface area contributed by atoms with Crippen LogP contribution in [0, 0.1) is 13.8 Å². The summed E-state index contributed by atoms with van der Waals surface area (Å²) >= 11 is 0. The van der Waals surface area contributed by atoms with Crippen molar-refractivity contribution < 1.29 is 0 Å². The molecule has 15 heavy (non-hydrogen) atoms. The Bertz CT molecular complexity index is 430. The Labute approximate surface area is 89.9 Å². The second-order valence-electron chi connectivity index (χ2n) is 4.41. The Morgan fingerprint density at radius 3 is 2.60 bits per heavy atom. The van der Waals surface area contributed by atoms with Crippen LogP contribution in [-0.4, -0.2) is 4.57 Å². The molecule has 0 aliphatic heterocycles. The molecule has 0 amide bonds. The molecular formula is C12H18N2O. The minimum Gasteiger partial charge on any atom is -0.326 e. The SMILES string of the molecule is Cc1cc(C)n(C2CCC2)c(=O)c1CN. The van der Waals surface area contributed by atoms with E-state index in [0.29, 0.717) is 12.6 Å². The van der Waals surface area contributed by atoms with E-state index in [1.807, 2.05) is 18.4 Å². The van der Waals surface area contributed by atoms with Crippen molar-refractivity contribution in [1.82, 2.24) is 4.57 Å². The van der Waals surface area contributed by atoms with Crippen molar-refractivity contribution in [3.63, 3.8) is 0 Å². The highest BCUT2D eigenvalue weighted by Gasteiger charge is 2.23. The average molecular weight is 206 g/mol. The number of nitrogens with zero attached hydrogens (tertiary/aromatic N) is 1. The van der Waals surface area contributed by atoms with E-state index in [9.17, 15) is 4.79 Å². The summed E-state index contributed by atoms with van der Waals surface area (Å²) in [6.07, 6.45) is 3.50. The molecule has 0 unspecified atom stereocenters. The van der Waals surface area contributed by atoms with Gasteiger partial charge in [0.2, 0.25) is 0 Å². The van der Waals surface area contributed by atoms with Crippen LogP contribution in [0.1, 0.15) is 42.1 Å². The molecule has 1 aliphatic rings. The second-order valence-corrected chi connectivity index (χ2v) is 4.41. The zero-order valence-corrected chi connectivity index (χ0v) is 9.42. The molecule has 2 N–H and O–H groups in total. The predicted octanol–water partition coefficient (Wildman–Crippen LogP) is 1.65. The Kier molecular flexibility index (Phi) is 2.65. The van der Waals surface area contributed by atoms with E-state index in [4.69, 9.17) is 5.73 Å². The molecule has 0 saturated heterocycles. The minimum absolute atomic E-state index is 0.125. The monoisotopic (exact) mass is 206 g/mol. The third kappa shape index (κ3) is 1.61. The van der Waals surface area contributed by atoms with Crippen LogP contribution >= 0.6 is 0 Å². The number of aryl methyl sites for hydroxylation is 2. The molecule has 82 valence electrons. The van der Waals surface area contributed by atoms with Gasteiger partial charge in [0.05, 0.1) is 0 Å². The minimum atomic E-state index is 0.125. The first-order valence-corrected chi connectivity index (χ1v) is 5.57. The first kappa shape index (κ1) is 10.4. The molecule has 0 atom stereocenters. The lowest BCUT2D eigenvalue weighted by Crippen LogP contribution is -2.34. The van der Waals surface area contributed by atoms with Crippen molar-refractivity contribution in [2.75, 3.05) is 0 Å². The highest BCUT2D eigenvalue weighted by molar-refractivity contribution is 5.26. The van der Waals surface area contributed by atoms with Crippen molar-refractivity contribution >= 4 is 0 Å². The summed E-state index contributed by atoms with van der Waals surface area (Å²) < 4.78 is 1.93. The van der Waals surface area contributed by atoms with E-state index >= 15 is 0 Å². The van der Waals surface area contributed by atoms with Crippen LogP contribution < -0.4 is 11.3 Å². The standard InChI is InChI=1S/C12H18N2O/c1-8-6-9(2)14(10-4-3-5-10)12(15)11(8)7-13/h6,10H,3-5,7,13H2,1-2H3. The van der Waals surface area contributed by atoms with Crippen LogP contribution in [0.5, 0.6) is 0 Å². The lowest BCUT2D eigenvalue weighted by atomic mass is 9.92. The molecule has 2 rings (SSSR count). The summed E-state index contributed by atoms with van der Waals surface area (Å²) in [6.45, 7) is 4.31. The molecule has 1 fully saturated rings. The van der Waals surface area contributed by atoms with Crippen molar-refractivity contribution in [2.45, 2.75) is 45.7 Å². The summed E-state index contributed by atoms with van der Waals surface area (Å²) in [5.74, 6) is 0. The van der Waals surface area contributed by atoms with E-state index < -0.39 is 0 Å². The molecule has 1 saturated carbocycles. The maximum Gasteiger partial charge on any atom is 0.255 e. The fourth-order valence-electron chi connectivity index (χ4n) is 2.29. The number of nitrogens with two attached hydrogens (primary N) is 1. The zero-order valence-electron chi connectivity index (χ0n) is 9.42. The summed E-state index contributed by atoms with van der Waals surface area (Å²) in [4.78, 5) is 12.2. The smallest absolute Gasteiger partial charge is 0.255 e. The number of rotatable bonds is 2. The Morgan fingerprint density at radius 1 is 1.47 bits per heavy atom. The predicted molar refractivity (Wildman–Crippen MR) is 61.0 cm³/mol. The van der Waals surface area contributed by atoms with Gasteiger partial charge in [-0.05, 0) is 44.7 Å². The van der Waals surface area contributed by atoms with Crippen LogP contribution in [0.25, 0.3) is 0 Å². The maximum absolute atomic E-state index is 12.2. The van der Waals surface area contributed by atoms with Crippen molar-refractivity contribution in [2.24, 2.45) is 5.73 Å². The van der Waals surface area contributed by atoms with E-state index in [-0.39, 0.29) is 5.56 Å². The Hall–Kier alpha value is -1.09. The van der Waals surface area contributed by atoms with Crippen LogP contribution in [-0.2, 0) is 6.54 Å². The van der Waals surface area contributed by atoms with Crippen molar-refractivity contribution in [3.8, 4) is 0 Å². The zero-order chi connectivity index (χ0) is 11.0. The largest absolute Gasteiger partial charge is 0.326 e. The van der Waals surface area contributed by atoms with Gasteiger partial charge >= 0.3 is 0 Å². The maximum atomic E-state index is 12.2. The molecule has 0 aromatic carbocycles. The van der Waals surface area contributed by atoms with Gasteiger partial charge in [0.15, 0.2) is 0 Å². The lowest BCUT2D eigenvalue weighted by Gasteiger charge is -2.30. The summed E-state index contributed by atoms with van der Waals surface area (Å²) in [5.41, 5.74) is 8.60. The quantitative estimate of drug-likeness (QED) is 0.799. The first-order valence-electron chi connectivity index (χ1n) is 5.57. The molecule has 1 aromatic rings. The fraction of sp³-hybridized carbons (Fsp3) is 0.583. The molecule has 1 heterocycles. The van der Waals surface area contributed by atoms with E-state index in [0.717, 1.165) is 29.7 Å². The third-order valence-electron chi connectivity index (χ3n) is 3.40. The van der Waals surface area contributed by atoms with E-state index in [1.165, 1.54) is 6.42 Å². The molecule has 3 heteroatoms. The Balaban J connectivity index is 2.57. The molecule has 0 spiro atoms. The van der Waals surface area contributed by atoms with Gasteiger partial charge in [-0.1, -0.05) is 0 Å². The van der Waals surface area contributed by atoms with Gasteiger partial charge in [0.25, 0.3) is 5.56 Å². The van der Waals surface area contributed by atoms with Crippen molar-refractivity contribution in [3.05, 3.63) is 33.2 Å². The normalized spacial score (nSPS) is 16.5. The highest BCUT2D eigenvalue weighted by Crippen LogP contribution is 2.31. The van der Waals surface area contributed by atoms with Crippen LogP contribution in [0.4, 0.5) is 0 Å². The number of pyridine rings is 1. The van der Waals surface area contributed by atoms with Gasteiger partial charge in [-0.2, -0.15) is 0 Å². The summed E-state index contributed by atoms with van der Waals surface area (Å²) in [7, 11) is 0. The fourth-order valence-corrected chi connectivity index (χ4v) is 2.29. The van der Waals surface area contributed by atoms with Gasteiger partial charge in [0, 0.05) is 23.8 Å². The highest BCUT2D eigenvalue weighted by atomic mass is 16.1. The first-order chi connectivity index (χ1) is 7.15. The van der Waals surface area contributed by atoms with Crippen LogP contribution in [0.15, 0.2) is 10.9 Å². The summed E-state index contributed by atoms with van der Waals surface area (Å²) in [5, 5.41) is 0. The van der Waals surface area contributed by atoms with E-state index in [1.54, 1.807) is 0 Å². The van der Waals surface area contributed by atoms with Crippen molar-refractivity contribution in [1.29, 1.82) is 0 Å². The van der Waals surface area contributed by atoms with Gasteiger partial charge in [-0.3, -0.25) is 4.79 Å². The number of aromatic nitrogens is 1. The third-order valence-corrected chi connectivity index (χ3v) is 3.40. The molecular weight excluding hydrogens is 188 g/mol. The lowest BCUT2D eigenvalue weighted by molar-refractivity contribution is 0.300. The molecule has 0 radical (unpaired) electrons. The topological polar surface area (TPSA) is 48.0 Å². The van der Waals surface area contributed by atoms with Crippen LogP contribution in [0.2, 0.25) is 0 Å². The molecule has 0 bridgehead atoms. The average Bonchev–Trinajstić information content (AvgIpc) is 2.09. The Morgan fingerprint density at radius 2 is 2.13 bits per heavy atom. The molecule has 1 aliphatic carbocycles. The van der Waals surface area contributed by atoms with E-state index in [2.05, 4.69) is 6.07 Å². The molecule has 1 aromatic heterocycles. The van der Waals surface area contributed by atoms with Gasteiger partial charge < -0.3 is 10.3 Å². The van der Waals surface area contributed by atoms with Gasteiger partial charge in [-0.15, -0.1) is 0 Å². The summed E-state index contributed by atoms with van der Waals surface area (Å²) in [6, 6.07) is 2.49. The van der Waals surface area contributed by atoms with Gasteiger partial charge in [0.1, 0.15) is 0 Å². The number of hydrogen-bond donors (Lipinski definition) is 1.